The molecule has 1 aliphatic rings. The minimum absolute atomic E-state index is 0.154. The molecule has 1 aliphatic heterocycles. The summed E-state index contributed by atoms with van der Waals surface area (Å²) in [4.78, 5) is 6.48. The lowest BCUT2D eigenvalue weighted by Crippen LogP contribution is -2.40. The molecule has 2 aromatic heterocycles. The fraction of sp³-hybridized carbons (Fsp3) is 0.417. The highest BCUT2D eigenvalue weighted by Crippen LogP contribution is 2.28. The standard InChI is InChI=1S/C12H14ClN3O2S3/c13-10-3-4-11(20-10)21(17,18)15-8-9-2-1-6-16(9)12-14-5-7-19-12/h3-5,7,9,15H,1-2,6,8H2. The molecule has 1 unspecified atom stereocenters. The first kappa shape index (κ1) is 15.2. The molecule has 3 rings (SSSR count). The summed E-state index contributed by atoms with van der Waals surface area (Å²) in [7, 11) is -3.48. The van der Waals surface area contributed by atoms with Gasteiger partial charge in [-0.05, 0) is 25.0 Å². The van der Waals surface area contributed by atoms with Crippen LogP contribution in [0, 0.1) is 0 Å². The second-order valence-electron chi connectivity index (χ2n) is 4.71. The molecule has 114 valence electrons. The number of aromatic nitrogens is 1. The summed E-state index contributed by atoms with van der Waals surface area (Å²) >= 11 is 8.44. The van der Waals surface area contributed by atoms with Gasteiger partial charge in [-0.1, -0.05) is 11.6 Å². The Balaban J connectivity index is 1.67. The summed E-state index contributed by atoms with van der Waals surface area (Å²) in [5.41, 5.74) is 0. The van der Waals surface area contributed by atoms with Gasteiger partial charge in [0.05, 0.1) is 4.34 Å². The Bertz CT molecular complexity index is 699. The SMILES string of the molecule is O=S(=O)(NCC1CCCN1c1nccs1)c1ccc(Cl)s1. The molecule has 21 heavy (non-hydrogen) atoms. The van der Waals surface area contributed by atoms with Gasteiger partial charge in [0.2, 0.25) is 10.0 Å². The Morgan fingerprint density at radius 1 is 1.48 bits per heavy atom. The van der Waals surface area contributed by atoms with Crippen LogP contribution in [-0.2, 0) is 10.0 Å². The summed E-state index contributed by atoms with van der Waals surface area (Å²) in [6.07, 6.45) is 3.79. The van der Waals surface area contributed by atoms with E-state index in [1.165, 1.54) is 6.07 Å². The predicted octanol–water partition coefficient (Wildman–Crippen LogP) is 2.81. The van der Waals surface area contributed by atoms with E-state index >= 15 is 0 Å². The molecule has 0 aromatic carbocycles. The van der Waals surface area contributed by atoms with Crippen molar-refractivity contribution in [3.63, 3.8) is 0 Å². The first-order chi connectivity index (χ1) is 10.1. The van der Waals surface area contributed by atoms with Crippen LogP contribution in [0.25, 0.3) is 0 Å². The van der Waals surface area contributed by atoms with E-state index < -0.39 is 10.0 Å². The summed E-state index contributed by atoms with van der Waals surface area (Å²) in [6.45, 7) is 1.31. The molecular weight excluding hydrogens is 350 g/mol. The second-order valence-corrected chi connectivity index (χ2v) is 9.30. The van der Waals surface area contributed by atoms with Gasteiger partial charge in [0.25, 0.3) is 0 Å². The zero-order valence-corrected chi connectivity index (χ0v) is 14.2. The van der Waals surface area contributed by atoms with Gasteiger partial charge in [0.1, 0.15) is 4.21 Å². The number of hydrogen-bond acceptors (Lipinski definition) is 6. The number of thiazole rings is 1. The van der Waals surface area contributed by atoms with Crippen molar-refractivity contribution in [2.24, 2.45) is 0 Å². The molecule has 9 heteroatoms. The smallest absolute Gasteiger partial charge is 0.250 e. The van der Waals surface area contributed by atoms with Crippen LogP contribution in [0.4, 0.5) is 5.13 Å². The van der Waals surface area contributed by atoms with Crippen molar-refractivity contribution < 1.29 is 8.42 Å². The largest absolute Gasteiger partial charge is 0.344 e. The van der Waals surface area contributed by atoms with Gasteiger partial charge in [-0.25, -0.2) is 18.1 Å². The van der Waals surface area contributed by atoms with Crippen LogP contribution >= 0.6 is 34.3 Å². The third-order valence-electron chi connectivity index (χ3n) is 3.36. The average molecular weight is 364 g/mol. The van der Waals surface area contributed by atoms with Crippen molar-refractivity contribution in [3.8, 4) is 0 Å². The van der Waals surface area contributed by atoms with Gasteiger partial charge in [-0.3, -0.25) is 0 Å². The van der Waals surface area contributed by atoms with Crippen molar-refractivity contribution in [3.05, 3.63) is 28.0 Å². The number of thiophene rings is 1. The van der Waals surface area contributed by atoms with Crippen LogP contribution in [0.3, 0.4) is 0 Å². The first-order valence-corrected chi connectivity index (χ1v) is 10.0. The molecule has 0 saturated carbocycles. The van der Waals surface area contributed by atoms with Gasteiger partial charge in [0, 0.05) is 30.7 Å². The van der Waals surface area contributed by atoms with Gasteiger partial charge in [-0.2, -0.15) is 0 Å². The third-order valence-corrected chi connectivity index (χ3v) is 7.32. The van der Waals surface area contributed by atoms with Crippen molar-refractivity contribution in [2.45, 2.75) is 23.1 Å². The third kappa shape index (κ3) is 3.40. The molecule has 5 nitrogen and oxygen atoms in total. The van der Waals surface area contributed by atoms with Gasteiger partial charge in [-0.15, -0.1) is 22.7 Å². The Morgan fingerprint density at radius 2 is 2.33 bits per heavy atom. The topological polar surface area (TPSA) is 62.3 Å². The lowest BCUT2D eigenvalue weighted by atomic mass is 10.2. The van der Waals surface area contributed by atoms with Crippen LogP contribution in [0.1, 0.15) is 12.8 Å². The minimum Gasteiger partial charge on any atom is -0.344 e. The van der Waals surface area contributed by atoms with Crippen LogP contribution < -0.4 is 9.62 Å². The lowest BCUT2D eigenvalue weighted by molar-refractivity contribution is 0.569. The number of hydrogen-bond donors (Lipinski definition) is 1. The molecule has 0 radical (unpaired) electrons. The number of nitrogens with zero attached hydrogens (tertiary/aromatic N) is 2. The fourth-order valence-corrected chi connectivity index (χ4v) is 5.72. The van der Waals surface area contributed by atoms with E-state index in [2.05, 4.69) is 14.6 Å². The van der Waals surface area contributed by atoms with Gasteiger partial charge < -0.3 is 4.90 Å². The van der Waals surface area contributed by atoms with Gasteiger partial charge >= 0.3 is 0 Å². The number of anilines is 1. The molecule has 1 saturated heterocycles. The molecule has 0 spiro atoms. The van der Waals surface area contributed by atoms with E-state index in [0.29, 0.717) is 10.9 Å². The highest BCUT2D eigenvalue weighted by atomic mass is 35.5. The van der Waals surface area contributed by atoms with Crippen molar-refractivity contribution >= 4 is 49.4 Å². The van der Waals surface area contributed by atoms with Crippen LogP contribution in [0.5, 0.6) is 0 Å². The van der Waals surface area contributed by atoms with Crippen molar-refractivity contribution in [1.82, 2.24) is 9.71 Å². The molecule has 0 aliphatic carbocycles. The average Bonchev–Trinajstić information content (AvgIpc) is 3.17. The lowest BCUT2D eigenvalue weighted by Gasteiger charge is -2.24. The normalized spacial score (nSPS) is 19.3. The molecular formula is C12H14ClN3O2S3. The maximum Gasteiger partial charge on any atom is 0.250 e. The molecule has 1 N–H and O–H groups in total. The number of sulfonamides is 1. The number of rotatable bonds is 5. The Morgan fingerprint density at radius 3 is 3.00 bits per heavy atom. The number of nitrogens with one attached hydrogen (secondary N) is 1. The Labute approximate surface area is 136 Å². The monoisotopic (exact) mass is 363 g/mol. The zero-order chi connectivity index (χ0) is 14.9. The first-order valence-electron chi connectivity index (χ1n) is 6.47. The van der Waals surface area contributed by atoms with E-state index in [-0.39, 0.29) is 10.3 Å². The maximum absolute atomic E-state index is 12.2. The van der Waals surface area contributed by atoms with Crippen LogP contribution in [0.15, 0.2) is 27.9 Å². The summed E-state index contributed by atoms with van der Waals surface area (Å²) in [5.74, 6) is 0. The second kappa shape index (κ2) is 6.21. The molecule has 3 heterocycles. The molecule has 1 fully saturated rings. The summed E-state index contributed by atoms with van der Waals surface area (Å²) in [5, 5.41) is 2.89. The molecule has 0 bridgehead atoms. The zero-order valence-electron chi connectivity index (χ0n) is 11.0. The molecule has 1 atom stereocenters. The van der Waals surface area contributed by atoms with Gasteiger partial charge in [0.15, 0.2) is 5.13 Å². The Kier molecular flexibility index (Phi) is 4.51. The fourth-order valence-electron chi connectivity index (χ4n) is 2.38. The quantitative estimate of drug-likeness (QED) is 0.887. The summed E-state index contributed by atoms with van der Waals surface area (Å²) in [6, 6.07) is 3.28. The highest BCUT2D eigenvalue weighted by Gasteiger charge is 2.28. The van der Waals surface area contributed by atoms with Crippen LogP contribution in [-0.4, -0.2) is 32.5 Å². The van der Waals surface area contributed by atoms with E-state index in [4.69, 9.17) is 11.6 Å². The Hall–Kier alpha value is -0.670. The van der Waals surface area contributed by atoms with E-state index in [1.807, 2.05) is 5.38 Å². The van der Waals surface area contributed by atoms with E-state index in [9.17, 15) is 8.42 Å². The molecule has 0 amide bonds. The predicted molar refractivity (Wildman–Crippen MR) is 87.0 cm³/mol. The minimum atomic E-state index is -3.48. The number of halogens is 1. The van der Waals surface area contributed by atoms with Crippen LogP contribution in [0.2, 0.25) is 4.34 Å². The highest BCUT2D eigenvalue weighted by molar-refractivity contribution is 7.91. The van der Waals surface area contributed by atoms with Crippen molar-refractivity contribution in [2.75, 3.05) is 18.0 Å². The van der Waals surface area contributed by atoms with E-state index in [1.54, 1.807) is 23.6 Å². The summed E-state index contributed by atoms with van der Waals surface area (Å²) < 4.78 is 27.8. The maximum atomic E-state index is 12.2. The van der Waals surface area contributed by atoms with Crippen molar-refractivity contribution in [1.29, 1.82) is 0 Å². The molecule has 2 aromatic rings. The van der Waals surface area contributed by atoms with E-state index in [0.717, 1.165) is 35.9 Å².